The number of carbonyl (C=O) groups excluding carboxylic acids is 2. The van der Waals surface area contributed by atoms with Crippen LogP contribution in [0.5, 0.6) is 0 Å². The van der Waals surface area contributed by atoms with E-state index in [1.165, 1.54) is 12.4 Å². The van der Waals surface area contributed by atoms with Gasteiger partial charge >= 0.3 is 5.97 Å². The second-order valence-electron chi connectivity index (χ2n) is 7.78. The number of carbonyl (C=O) groups is 2. The number of aromatic nitrogens is 1. The lowest BCUT2D eigenvalue weighted by atomic mass is 10.0. The van der Waals surface area contributed by atoms with Gasteiger partial charge < -0.3 is 20.2 Å². The minimum atomic E-state index is -0.659. The molecule has 1 aliphatic heterocycles. The van der Waals surface area contributed by atoms with Crippen molar-refractivity contribution in [3.63, 3.8) is 0 Å². The van der Waals surface area contributed by atoms with Crippen molar-refractivity contribution in [1.29, 1.82) is 0 Å². The summed E-state index contributed by atoms with van der Waals surface area (Å²) in [6.45, 7) is 6.84. The molecule has 0 radical (unpaired) electrons. The maximum absolute atomic E-state index is 13.0. The van der Waals surface area contributed by atoms with Crippen molar-refractivity contribution in [3.05, 3.63) is 59.6 Å². The first-order valence-electron chi connectivity index (χ1n) is 9.28. The Kier molecular flexibility index (Phi) is 5.65. The lowest BCUT2D eigenvalue weighted by molar-refractivity contribution is -0.604. The summed E-state index contributed by atoms with van der Waals surface area (Å²) in [4.78, 5) is 27.1. The highest BCUT2D eigenvalue weighted by Gasteiger charge is 2.35. The molecule has 1 atom stereocenters. The van der Waals surface area contributed by atoms with Crippen molar-refractivity contribution >= 4 is 11.9 Å². The highest BCUT2D eigenvalue weighted by Crippen LogP contribution is 2.20. The fourth-order valence-electron chi connectivity index (χ4n) is 3.12. The number of benzene rings is 1. The minimum Gasteiger partial charge on any atom is -0.619 e. The van der Waals surface area contributed by atoms with E-state index in [1.54, 1.807) is 56.0 Å². The summed E-state index contributed by atoms with van der Waals surface area (Å²) in [5.41, 5.74) is 1.49. The maximum Gasteiger partial charge on any atom is 0.330 e. The first-order chi connectivity index (χ1) is 13.2. The average molecular weight is 383 g/mol. The lowest BCUT2D eigenvalue weighted by Crippen LogP contribution is -2.58. The van der Waals surface area contributed by atoms with Gasteiger partial charge in [0, 0.05) is 36.8 Å². The molecule has 2 aromatic rings. The zero-order valence-electron chi connectivity index (χ0n) is 16.3. The summed E-state index contributed by atoms with van der Waals surface area (Å²) in [7, 11) is 0. The number of nitrogens with one attached hydrogen (secondary N) is 1. The Morgan fingerprint density at radius 2 is 1.89 bits per heavy atom. The number of ether oxygens (including phenoxy) is 1. The second kappa shape index (κ2) is 7.98. The molecule has 148 valence electrons. The lowest BCUT2D eigenvalue weighted by Gasteiger charge is -2.36. The van der Waals surface area contributed by atoms with Gasteiger partial charge in [0.25, 0.3) is 5.91 Å². The predicted molar refractivity (Wildman–Crippen MR) is 104 cm³/mol. The Hall–Kier alpha value is -2.93. The van der Waals surface area contributed by atoms with Crippen LogP contribution in [0.3, 0.4) is 0 Å². The number of hydrogen-bond acceptors (Lipinski definition) is 5. The molecule has 7 nitrogen and oxygen atoms in total. The Morgan fingerprint density at radius 1 is 1.18 bits per heavy atom. The molecule has 1 saturated heterocycles. The van der Waals surface area contributed by atoms with Crippen LogP contribution in [0.2, 0.25) is 0 Å². The predicted octanol–water partition coefficient (Wildman–Crippen LogP) is 1.74. The second-order valence-corrected chi connectivity index (χ2v) is 7.78. The largest absolute Gasteiger partial charge is 0.619 e. The quantitative estimate of drug-likeness (QED) is 0.496. The molecule has 0 saturated carbocycles. The van der Waals surface area contributed by atoms with Crippen molar-refractivity contribution in [2.24, 2.45) is 0 Å². The van der Waals surface area contributed by atoms with Crippen molar-refractivity contribution in [2.75, 3.05) is 19.6 Å². The third-order valence-corrected chi connectivity index (χ3v) is 4.42. The zero-order chi connectivity index (χ0) is 20.3. The van der Waals surface area contributed by atoms with Gasteiger partial charge in [-0.3, -0.25) is 4.79 Å². The molecular formula is C21H25N3O4. The summed E-state index contributed by atoms with van der Waals surface area (Å²) in [5.74, 6) is -0.621. The van der Waals surface area contributed by atoms with E-state index in [-0.39, 0.29) is 5.91 Å². The van der Waals surface area contributed by atoms with Gasteiger partial charge in [-0.2, -0.15) is 4.73 Å². The molecule has 0 aliphatic carbocycles. The molecule has 1 unspecified atom stereocenters. The fraction of sp³-hybridized carbons (Fsp3) is 0.381. The highest BCUT2D eigenvalue weighted by molar-refractivity contribution is 5.97. The Bertz CT molecular complexity index is 859. The molecule has 2 heterocycles. The summed E-state index contributed by atoms with van der Waals surface area (Å²) in [5, 5.41) is 14.6. The van der Waals surface area contributed by atoms with Crippen LogP contribution in [0.25, 0.3) is 11.1 Å². The van der Waals surface area contributed by atoms with Crippen molar-refractivity contribution in [3.8, 4) is 11.1 Å². The first-order valence-corrected chi connectivity index (χ1v) is 9.28. The van der Waals surface area contributed by atoms with Crippen LogP contribution in [-0.2, 0) is 9.53 Å². The summed E-state index contributed by atoms with van der Waals surface area (Å²) in [6.07, 6.45) is 2.90. The number of pyridine rings is 1. The number of amides is 1. The fourth-order valence-corrected chi connectivity index (χ4v) is 3.12. The topological polar surface area (TPSA) is 85.6 Å². The van der Waals surface area contributed by atoms with E-state index in [0.717, 1.165) is 15.9 Å². The molecule has 1 aromatic carbocycles. The number of piperazine rings is 1. The van der Waals surface area contributed by atoms with E-state index in [4.69, 9.17) is 4.74 Å². The molecule has 1 N–H and O–H groups in total. The molecule has 3 rings (SSSR count). The van der Waals surface area contributed by atoms with Gasteiger partial charge in [-0.1, -0.05) is 12.1 Å². The number of rotatable bonds is 3. The first kappa shape index (κ1) is 19.8. The number of hydrogen-bond donors (Lipinski definition) is 1. The van der Waals surface area contributed by atoms with E-state index >= 15 is 0 Å². The summed E-state index contributed by atoms with van der Waals surface area (Å²) >= 11 is 0. The normalized spacial score (nSPS) is 17.2. The molecule has 1 fully saturated rings. The van der Waals surface area contributed by atoms with Crippen LogP contribution in [0.15, 0.2) is 48.8 Å². The van der Waals surface area contributed by atoms with Gasteiger partial charge in [-0.05, 0) is 44.5 Å². The Labute approximate surface area is 164 Å². The molecule has 7 heteroatoms. The van der Waals surface area contributed by atoms with Crippen molar-refractivity contribution in [2.45, 2.75) is 32.4 Å². The van der Waals surface area contributed by atoms with Gasteiger partial charge in [0.2, 0.25) is 0 Å². The number of nitrogens with zero attached hydrogens (tertiary/aromatic N) is 2. The van der Waals surface area contributed by atoms with Crippen LogP contribution >= 0.6 is 0 Å². The summed E-state index contributed by atoms with van der Waals surface area (Å²) in [6, 6.07) is 9.88. The maximum atomic E-state index is 13.0. The van der Waals surface area contributed by atoms with Crippen LogP contribution < -0.4 is 10.0 Å². The summed E-state index contributed by atoms with van der Waals surface area (Å²) < 4.78 is 6.21. The average Bonchev–Trinajstić information content (AvgIpc) is 2.66. The molecule has 1 amide bonds. The molecule has 1 aromatic heterocycles. The van der Waals surface area contributed by atoms with Crippen LogP contribution in [0.1, 0.15) is 31.1 Å². The van der Waals surface area contributed by atoms with E-state index in [1.807, 2.05) is 6.07 Å². The van der Waals surface area contributed by atoms with Gasteiger partial charge in [-0.15, -0.1) is 0 Å². The highest BCUT2D eigenvalue weighted by atomic mass is 16.6. The van der Waals surface area contributed by atoms with E-state index in [0.29, 0.717) is 25.2 Å². The number of esters is 1. The van der Waals surface area contributed by atoms with Crippen LogP contribution in [0, 0.1) is 5.21 Å². The standard InChI is InChI=1S/C21H25N3O4/c1-21(2,3)28-20(26)18-13-22-10-12-24(18)19(25)16-8-6-15(7-9-16)17-5-4-11-23(27)14-17/h4-9,11,14,18,22H,10,12-13H2,1-3H3. The molecular weight excluding hydrogens is 358 g/mol. The molecule has 0 spiro atoms. The van der Waals surface area contributed by atoms with Gasteiger partial charge in [0.05, 0.1) is 0 Å². The van der Waals surface area contributed by atoms with Crippen LogP contribution in [-0.4, -0.2) is 48.1 Å². The van der Waals surface area contributed by atoms with Crippen LogP contribution in [0.4, 0.5) is 0 Å². The van der Waals surface area contributed by atoms with E-state index < -0.39 is 17.6 Å². The van der Waals surface area contributed by atoms with Crippen molar-refractivity contribution < 1.29 is 19.1 Å². The molecule has 1 aliphatic rings. The van der Waals surface area contributed by atoms with E-state index in [2.05, 4.69) is 5.32 Å². The monoisotopic (exact) mass is 383 g/mol. The van der Waals surface area contributed by atoms with Gasteiger partial charge in [0.1, 0.15) is 11.6 Å². The SMILES string of the molecule is CC(C)(C)OC(=O)C1CNCCN1C(=O)c1ccc(-c2ccc[n+]([O-])c2)cc1. The third-order valence-electron chi connectivity index (χ3n) is 4.42. The third kappa shape index (κ3) is 4.67. The smallest absolute Gasteiger partial charge is 0.330 e. The van der Waals surface area contributed by atoms with Crippen molar-refractivity contribution in [1.82, 2.24) is 10.2 Å². The molecule has 0 bridgehead atoms. The minimum absolute atomic E-state index is 0.212. The molecule has 28 heavy (non-hydrogen) atoms. The van der Waals surface area contributed by atoms with E-state index in [9.17, 15) is 14.8 Å². The van der Waals surface area contributed by atoms with Gasteiger partial charge in [0.15, 0.2) is 12.4 Å². The Morgan fingerprint density at radius 3 is 2.54 bits per heavy atom. The van der Waals surface area contributed by atoms with Gasteiger partial charge in [-0.25, -0.2) is 4.79 Å². The zero-order valence-corrected chi connectivity index (χ0v) is 16.3. The Balaban J connectivity index is 1.78.